The minimum Gasteiger partial charge on any atom is -0.368 e. The van der Waals surface area contributed by atoms with Gasteiger partial charge in [0.1, 0.15) is 0 Å². The van der Waals surface area contributed by atoms with E-state index in [9.17, 15) is 0 Å². The van der Waals surface area contributed by atoms with Gasteiger partial charge in [-0.15, -0.1) is 5.10 Å². The fourth-order valence-corrected chi connectivity index (χ4v) is 1.82. The van der Waals surface area contributed by atoms with E-state index in [1.165, 1.54) is 0 Å². The maximum absolute atomic E-state index is 6.10. The fraction of sp³-hybridized carbons (Fsp3) is 0.308. The molecule has 2 aromatic rings. The van der Waals surface area contributed by atoms with Crippen molar-refractivity contribution < 1.29 is 0 Å². The number of nitrogens with zero attached hydrogens (tertiary/aromatic N) is 3. The van der Waals surface area contributed by atoms with Crippen LogP contribution in [0.3, 0.4) is 0 Å². The van der Waals surface area contributed by atoms with Crippen molar-refractivity contribution in [1.82, 2.24) is 15.2 Å². The molecule has 5 nitrogen and oxygen atoms in total. The molecule has 0 unspecified atom stereocenters. The molecule has 20 heavy (non-hydrogen) atoms. The molecule has 0 saturated heterocycles. The molecular weight excluding hydrogens is 297 g/mol. The van der Waals surface area contributed by atoms with Crippen LogP contribution >= 0.6 is 23.2 Å². The molecule has 0 aliphatic rings. The number of hydrogen-bond donors (Lipinski definition) is 2. The quantitative estimate of drug-likeness (QED) is 0.874. The largest absolute Gasteiger partial charge is 0.368 e. The molecule has 0 radical (unpaired) electrons. The van der Waals surface area contributed by atoms with Crippen LogP contribution in [-0.4, -0.2) is 21.7 Å². The molecule has 0 aliphatic carbocycles. The van der Waals surface area contributed by atoms with Gasteiger partial charge in [-0.25, -0.2) is 0 Å². The number of rotatable bonds is 5. The monoisotopic (exact) mass is 311 g/mol. The Morgan fingerprint density at radius 2 is 2.05 bits per heavy atom. The zero-order valence-corrected chi connectivity index (χ0v) is 12.7. The van der Waals surface area contributed by atoms with Crippen LogP contribution < -0.4 is 10.6 Å². The van der Waals surface area contributed by atoms with E-state index in [1.54, 1.807) is 24.4 Å². The molecule has 0 fully saturated rings. The minimum atomic E-state index is 0.364. The van der Waals surface area contributed by atoms with Gasteiger partial charge in [0.25, 0.3) is 0 Å². The summed E-state index contributed by atoms with van der Waals surface area (Å²) in [4.78, 5) is 4.31. The molecule has 2 N–H and O–H groups in total. The van der Waals surface area contributed by atoms with Crippen molar-refractivity contribution in [2.24, 2.45) is 5.92 Å². The van der Waals surface area contributed by atoms with Crippen LogP contribution in [0.5, 0.6) is 0 Å². The fourth-order valence-electron chi connectivity index (χ4n) is 1.47. The van der Waals surface area contributed by atoms with E-state index >= 15 is 0 Å². The lowest BCUT2D eigenvalue weighted by atomic mass is 10.2. The molecule has 0 saturated carbocycles. The molecule has 1 heterocycles. The Balaban J connectivity index is 2.13. The first-order chi connectivity index (χ1) is 9.56. The van der Waals surface area contributed by atoms with E-state index in [4.69, 9.17) is 23.2 Å². The lowest BCUT2D eigenvalue weighted by Gasteiger charge is -2.10. The Morgan fingerprint density at radius 3 is 2.80 bits per heavy atom. The number of anilines is 3. The standard InChI is InChI=1S/C13H15Cl2N5/c1-8(2)6-16-11-7-17-20-13(19-11)18-10-5-3-4-9(14)12(10)15/h3-5,7-8H,6H2,1-2H3,(H2,16,18,19,20). The van der Waals surface area contributed by atoms with Crippen molar-refractivity contribution in [3.63, 3.8) is 0 Å². The summed E-state index contributed by atoms with van der Waals surface area (Å²) in [5.41, 5.74) is 0.641. The highest BCUT2D eigenvalue weighted by atomic mass is 35.5. The molecule has 7 heteroatoms. The van der Waals surface area contributed by atoms with Crippen molar-refractivity contribution >= 4 is 40.7 Å². The number of benzene rings is 1. The van der Waals surface area contributed by atoms with Crippen LogP contribution in [0, 0.1) is 5.92 Å². The molecule has 2 rings (SSSR count). The highest BCUT2D eigenvalue weighted by molar-refractivity contribution is 6.43. The number of halogens is 2. The van der Waals surface area contributed by atoms with Crippen LogP contribution in [0.25, 0.3) is 0 Å². The van der Waals surface area contributed by atoms with Crippen molar-refractivity contribution in [1.29, 1.82) is 0 Å². The van der Waals surface area contributed by atoms with Gasteiger partial charge in [0, 0.05) is 6.54 Å². The summed E-state index contributed by atoms with van der Waals surface area (Å²) < 4.78 is 0. The van der Waals surface area contributed by atoms with Crippen LogP contribution in [0.4, 0.5) is 17.5 Å². The second-order valence-corrected chi connectivity index (χ2v) is 5.45. The summed E-state index contributed by atoms with van der Waals surface area (Å²) >= 11 is 12.1. The molecule has 1 aromatic carbocycles. The summed E-state index contributed by atoms with van der Waals surface area (Å²) in [6.07, 6.45) is 1.58. The first-order valence-corrected chi connectivity index (χ1v) is 6.96. The van der Waals surface area contributed by atoms with Crippen LogP contribution in [0.2, 0.25) is 10.0 Å². The molecular formula is C13H15Cl2N5. The second-order valence-electron chi connectivity index (χ2n) is 4.67. The molecule has 0 atom stereocenters. The Kier molecular flexibility index (Phi) is 4.98. The van der Waals surface area contributed by atoms with Gasteiger partial charge in [-0.3, -0.25) is 0 Å². The minimum absolute atomic E-state index is 0.364. The number of nitrogens with one attached hydrogen (secondary N) is 2. The topological polar surface area (TPSA) is 62.7 Å². The lowest BCUT2D eigenvalue weighted by Crippen LogP contribution is -2.11. The van der Waals surface area contributed by atoms with Gasteiger partial charge >= 0.3 is 0 Å². The normalized spacial score (nSPS) is 10.7. The van der Waals surface area contributed by atoms with Crippen molar-refractivity contribution in [2.75, 3.05) is 17.2 Å². The van der Waals surface area contributed by atoms with Gasteiger partial charge in [-0.1, -0.05) is 43.1 Å². The Hall–Kier alpha value is -1.59. The Bertz CT molecular complexity index is 589. The van der Waals surface area contributed by atoms with Gasteiger partial charge in [-0.2, -0.15) is 10.1 Å². The van der Waals surface area contributed by atoms with Crippen molar-refractivity contribution in [3.05, 3.63) is 34.4 Å². The van der Waals surface area contributed by atoms with Crippen molar-refractivity contribution in [2.45, 2.75) is 13.8 Å². The van der Waals surface area contributed by atoms with E-state index in [0.717, 1.165) is 6.54 Å². The maximum atomic E-state index is 6.10. The summed E-state index contributed by atoms with van der Waals surface area (Å²) in [7, 11) is 0. The third-order valence-electron chi connectivity index (χ3n) is 2.45. The average molecular weight is 312 g/mol. The van der Waals surface area contributed by atoms with E-state index in [2.05, 4.69) is 39.7 Å². The van der Waals surface area contributed by atoms with Crippen LogP contribution in [-0.2, 0) is 0 Å². The average Bonchev–Trinajstić information content (AvgIpc) is 2.42. The van der Waals surface area contributed by atoms with Crippen molar-refractivity contribution in [3.8, 4) is 0 Å². The van der Waals surface area contributed by atoms with Crippen LogP contribution in [0.15, 0.2) is 24.4 Å². The lowest BCUT2D eigenvalue weighted by molar-refractivity contribution is 0.686. The second kappa shape index (κ2) is 6.72. The predicted molar refractivity (Wildman–Crippen MR) is 82.9 cm³/mol. The summed E-state index contributed by atoms with van der Waals surface area (Å²) in [6, 6.07) is 5.31. The van der Waals surface area contributed by atoms with E-state index in [0.29, 0.717) is 33.4 Å². The zero-order valence-electron chi connectivity index (χ0n) is 11.2. The first-order valence-electron chi connectivity index (χ1n) is 6.21. The highest BCUT2D eigenvalue weighted by Crippen LogP contribution is 2.30. The third kappa shape index (κ3) is 3.95. The SMILES string of the molecule is CC(C)CNc1cnnc(Nc2cccc(Cl)c2Cl)n1. The molecule has 0 aliphatic heterocycles. The smallest absolute Gasteiger partial charge is 0.249 e. The zero-order chi connectivity index (χ0) is 14.5. The van der Waals surface area contributed by atoms with Gasteiger partial charge < -0.3 is 10.6 Å². The number of aromatic nitrogens is 3. The summed E-state index contributed by atoms with van der Waals surface area (Å²) in [5, 5.41) is 14.9. The van der Waals surface area contributed by atoms with E-state index < -0.39 is 0 Å². The van der Waals surface area contributed by atoms with E-state index in [-0.39, 0.29) is 0 Å². The van der Waals surface area contributed by atoms with Gasteiger partial charge in [0.15, 0.2) is 5.82 Å². The molecule has 0 amide bonds. The Labute approximate surface area is 127 Å². The Morgan fingerprint density at radius 1 is 1.25 bits per heavy atom. The third-order valence-corrected chi connectivity index (χ3v) is 3.27. The van der Waals surface area contributed by atoms with E-state index in [1.807, 2.05) is 0 Å². The molecule has 0 bridgehead atoms. The molecule has 0 spiro atoms. The first kappa shape index (κ1) is 14.8. The maximum Gasteiger partial charge on any atom is 0.249 e. The van der Waals surface area contributed by atoms with Gasteiger partial charge in [0.05, 0.1) is 21.9 Å². The predicted octanol–water partition coefficient (Wildman–Crippen LogP) is 3.99. The van der Waals surface area contributed by atoms with Crippen LogP contribution in [0.1, 0.15) is 13.8 Å². The molecule has 106 valence electrons. The number of hydrogen-bond acceptors (Lipinski definition) is 5. The van der Waals surface area contributed by atoms with Gasteiger partial charge in [0.2, 0.25) is 5.95 Å². The highest BCUT2D eigenvalue weighted by Gasteiger charge is 2.07. The van der Waals surface area contributed by atoms with Gasteiger partial charge in [-0.05, 0) is 18.1 Å². The molecule has 1 aromatic heterocycles. The summed E-state index contributed by atoms with van der Waals surface area (Å²) in [5.74, 6) is 1.54. The summed E-state index contributed by atoms with van der Waals surface area (Å²) in [6.45, 7) is 5.05.